The molecule has 0 fully saturated rings. The van der Waals surface area contributed by atoms with E-state index in [2.05, 4.69) is 11.9 Å². The maximum absolute atomic E-state index is 13.1. The van der Waals surface area contributed by atoms with E-state index in [1.165, 1.54) is 6.07 Å². The summed E-state index contributed by atoms with van der Waals surface area (Å²) in [5.41, 5.74) is -0.629. The van der Waals surface area contributed by atoms with Crippen molar-refractivity contribution in [3.8, 4) is 0 Å². The van der Waals surface area contributed by atoms with Crippen molar-refractivity contribution in [2.24, 2.45) is 0 Å². The van der Waals surface area contributed by atoms with Crippen LogP contribution >= 0.6 is 11.8 Å². The van der Waals surface area contributed by atoms with E-state index in [0.29, 0.717) is 12.3 Å². The van der Waals surface area contributed by atoms with Crippen LogP contribution in [0.25, 0.3) is 0 Å². The summed E-state index contributed by atoms with van der Waals surface area (Å²) in [7, 11) is 0. The standard InChI is InChI=1S/C12H13FN2O3S/c1-2-6-19-7-5-14-12(16)9-3-4-10(13)11(8-9)15(17)18/h2-4,8H,1,5-7H2,(H,14,16). The second-order valence-electron chi connectivity index (χ2n) is 3.54. The molecule has 1 aromatic carbocycles. The van der Waals surface area contributed by atoms with Crippen LogP contribution in [0.15, 0.2) is 30.9 Å². The van der Waals surface area contributed by atoms with Crippen LogP contribution in [0, 0.1) is 15.9 Å². The second-order valence-corrected chi connectivity index (χ2v) is 4.69. The summed E-state index contributed by atoms with van der Waals surface area (Å²) < 4.78 is 13.1. The van der Waals surface area contributed by atoms with Gasteiger partial charge in [-0.2, -0.15) is 16.2 Å². The van der Waals surface area contributed by atoms with Crippen molar-refractivity contribution >= 4 is 23.4 Å². The number of benzene rings is 1. The van der Waals surface area contributed by atoms with Crippen LogP contribution in [-0.4, -0.2) is 28.9 Å². The Labute approximate surface area is 114 Å². The number of hydrogen-bond donors (Lipinski definition) is 1. The number of hydrogen-bond acceptors (Lipinski definition) is 4. The van der Waals surface area contributed by atoms with Crippen molar-refractivity contribution in [1.82, 2.24) is 5.32 Å². The van der Waals surface area contributed by atoms with Gasteiger partial charge < -0.3 is 5.32 Å². The number of halogens is 1. The lowest BCUT2D eigenvalue weighted by Crippen LogP contribution is -2.25. The highest BCUT2D eigenvalue weighted by Crippen LogP contribution is 2.18. The van der Waals surface area contributed by atoms with Crippen LogP contribution in [0.3, 0.4) is 0 Å². The smallest absolute Gasteiger partial charge is 0.305 e. The molecule has 0 aliphatic carbocycles. The zero-order valence-corrected chi connectivity index (χ0v) is 10.9. The fourth-order valence-electron chi connectivity index (χ4n) is 1.30. The molecule has 0 saturated carbocycles. The van der Waals surface area contributed by atoms with Gasteiger partial charge >= 0.3 is 5.69 Å². The molecule has 1 N–H and O–H groups in total. The molecule has 102 valence electrons. The van der Waals surface area contributed by atoms with E-state index in [9.17, 15) is 19.3 Å². The molecule has 0 radical (unpaired) electrons. The number of nitrogens with zero attached hydrogens (tertiary/aromatic N) is 1. The molecule has 0 aliphatic heterocycles. The molecule has 0 atom stereocenters. The van der Waals surface area contributed by atoms with Gasteiger partial charge in [0, 0.05) is 29.7 Å². The number of nitro groups is 1. The summed E-state index contributed by atoms with van der Waals surface area (Å²) in [6.07, 6.45) is 1.76. The molecule has 0 spiro atoms. The number of carbonyl (C=O) groups excluding carboxylic acids is 1. The van der Waals surface area contributed by atoms with Crippen molar-refractivity contribution in [2.45, 2.75) is 0 Å². The average Bonchev–Trinajstić information content (AvgIpc) is 2.38. The number of thioether (sulfide) groups is 1. The Morgan fingerprint density at radius 1 is 1.58 bits per heavy atom. The molecule has 7 heteroatoms. The molecule has 0 unspecified atom stereocenters. The lowest BCUT2D eigenvalue weighted by molar-refractivity contribution is -0.387. The van der Waals surface area contributed by atoms with E-state index < -0.39 is 22.3 Å². The Morgan fingerprint density at radius 3 is 2.95 bits per heavy atom. The number of nitro benzene ring substituents is 1. The van der Waals surface area contributed by atoms with Gasteiger partial charge in [0.15, 0.2) is 0 Å². The van der Waals surface area contributed by atoms with Crippen LogP contribution in [0.1, 0.15) is 10.4 Å². The molecule has 0 aromatic heterocycles. The fraction of sp³-hybridized carbons (Fsp3) is 0.250. The van der Waals surface area contributed by atoms with Crippen molar-refractivity contribution in [1.29, 1.82) is 0 Å². The van der Waals surface area contributed by atoms with E-state index in [1.807, 2.05) is 0 Å². The molecular formula is C12H13FN2O3S. The van der Waals surface area contributed by atoms with Crippen LogP contribution in [0.5, 0.6) is 0 Å². The molecule has 5 nitrogen and oxygen atoms in total. The van der Waals surface area contributed by atoms with Crippen LogP contribution in [0.4, 0.5) is 10.1 Å². The Balaban J connectivity index is 2.60. The minimum absolute atomic E-state index is 0.0711. The monoisotopic (exact) mass is 284 g/mol. The molecule has 0 heterocycles. The number of amides is 1. The van der Waals surface area contributed by atoms with E-state index in [-0.39, 0.29) is 5.56 Å². The van der Waals surface area contributed by atoms with Crippen molar-refractivity contribution in [3.63, 3.8) is 0 Å². The molecule has 0 aliphatic rings. The summed E-state index contributed by atoms with van der Waals surface area (Å²) in [4.78, 5) is 21.4. The van der Waals surface area contributed by atoms with Crippen molar-refractivity contribution < 1.29 is 14.1 Å². The maximum Gasteiger partial charge on any atom is 0.305 e. The first kappa shape index (κ1) is 15.2. The van der Waals surface area contributed by atoms with Gasteiger partial charge in [-0.1, -0.05) is 6.08 Å². The highest BCUT2D eigenvalue weighted by atomic mass is 32.2. The quantitative estimate of drug-likeness (QED) is 0.361. The van der Waals surface area contributed by atoms with E-state index in [4.69, 9.17) is 0 Å². The normalized spacial score (nSPS) is 9.95. The second kappa shape index (κ2) is 7.52. The highest BCUT2D eigenvalue weighted by Gasteiger charge is 2.17. The molecule has 1 aromatic rings. The largest absolute Gasteiger partial charge is 0.351 e. The van der Waals surface area contributed by atoms with Crippen LogP contribution in [-0.2, 0) is 0 Å². The first-order chi connectivity index (χ1) is 9.06. The zero-order valence-electron chi connectivity index (χ0n) is 10.1. The van der Waals surface area contributed by atoms with Gasteiger partial charge in [0.05, 0.1) is 4.92 Å². The molecule has 1 amide bonds. The van der Waals surface area contributed by atoms with Crippen molar-refractivity contribution in [2.75, 3.05) is 18.1 Å². The average molecular weight is 284 g/mol. The topological polar surface area (TPSA) is 72.2 Å². The lowest BCUT2D eigenvalue weighted by Gasteiger charge is -2.04. The van der Waals surface area contributed by atoms with Crippen molar-refractivity contribution in [3.05, 3.63) is 52.3 Å². The van der Waals surface area contributed by atoms with Gasteiger partial charge in [-0.25, -0.2) is 0 Å². The van der Waals surface area contributed by atoms with Gasteiger partial charge in [-0.15, -0.1) is 6.58 Å². The molecule has 1 rings (SSSR count). The summed E-state index contributed by atoms with van der Waals surface area (Å²) >= 11 is 1.60. The summed E-state index contributed by atoms with van der Waals surface area (Å²) in [6.45, 7) is 4.00. The third kappa shape index (κ3) is 4.70. The minimum atomic E-state index is -0.955. The molecule has 0 bridgehead atoms. The predicted molar refractivity (Wildman–Crippen MR) is 72.9 cm³/mol. The third-order valence-corrected chi connectivity index (χ3v) is 3.14. The first-order valence-electron chi connectivity index (χ1n) is 5.47. The van der Waals surface area contributed by atoms with Gasteiger partial charge in [-0.05, 0) is 12.1 Å². The highest BCUT2D eigenvalue weighted by molar-refractivity contribution is 7.99. The Hall–Kier alpha value is -1.89. The van der Waals surface area contributed by atoms with Gasteiger partial charge in [-0.3, -0.25) is 14.9 Å². The number of nitrogens with one attached hydrogen (secondary N) is 1. The summed E-state index contributed by atoms with van der Waals surface area (Å²) in [5, 5.41) is 13.2. The van der Waals surface area contributed by atoms with Gasteiger partial charge in [0.25, 0.3) is 5.91 Å². The summed E-state index contributed by atoms with van der Waals surface area (Å²) in [5.74, 6) is 0.0873. The van der Waals surface area contributed by atoms with Gasteiger partial charge in [0.1, 0.15) is 0 Å². The first-order valence-corrected chi connectivity index (χ1v) is 6.62. The maximum atomic E-state index is 13.1. The molecule has 19 heavy (non-hydrogen) atoms. The minimum Gasteiger partial charge on any atom is -0.351 e. The zero-order chi connectivity index (χ0) is 14.3. The van der Waals surface area contributed by atoms with Crippen LogP contribution < -0.4 is 5.32 Å². The lowest BCUT2D eigenvalue weighted by atomic mass is 10.2. The van der Waals surface area contributed by atoms with E-state index in [0.717, 1.165) is 17.9 Å². The Morgan fingerprint density at radius 2 is 2.32 bits per heavy atom. The van der Waals surface area contributed by atoms with E-state index >= 15 is 0 Å². The third-order valence-electron chi connectivity index (χ3n) is 2.17. The molecular weight excluding hydrogens is 271 g/mol. The Bertz CT molecular complexity index is 494. The van der Waals surface area contributed by atoms with E-state index in [1.54, 1.807) is 17.8 Å². The number of rotatable bonds is 7. The predicted octanol–water partition coefficient (Wildman–Crippen LogP) is 2.38. The molecule has 0 saturated heterocycles. The Kier molecular flexibility index (Phi) is 6.01. The van der Waals surface area contributed by atoms with Crippen LogP contribution in [0.2, 0.25) is 0 Å². The fourth-order valence-corrected chi connectivity index (χ4v) is 1.88. The summed E-state index contributed by atoms with van der Waals surface area (Å²) in [6, 6.07) is 3.07. The number of carbonyl (C=O) groups is 1. The SMILES string of the molecule is C=CCSCCNC(=O)c1ccc(F)c([N+](=O)[O-])c1. The van der Waals surface area contributed by atoms with Gasteiger partial charge in [0.2, 0.25) is 5.82 Å².